The van der Waals surface area contributed by atoms with Crippen LogP contribution in [0.1, 0.15) is 23.0 Å². The zero-order valence-corrected chi connectivity index (χ0v) is 22.5. The van der Waals surface area contributed by atoms with Crippen molar-refractivity contribution in [2.75, 3.05) is 51.9 Å². The first-order chi connectivity index (χ1) is 18.4. The van der Waals surface area contributed by atoms with E-state index < -0.39 is 34.6 Å². The Bertz CT molecular complexity index is 1510. The van der Waals surface area contributed by atoms with Crippen molar-refractivity contribution in [1.82, 2.24) is 19.6 Å². The van der Waals surface area contributed by atoms with Gasteiger partial charge < -0.3 is 24.7 Å². The summed E-state index contributed by atoms with van der Waals surface area (Å²) in [5.41, 5.74) is 0.956. The van der Waals surface area contributed by atoms with Crippen LogP contribution in [0.5, 0.6) is 5.75 Å². The fraction of sp³-hybridized carbons (Fsp3) is 0.423. The molecule has 3 aromatic rings. The average Bonchev–Trinajstić information content (AvgIpc) is 3.09. The first-order valence-corrected chi connectivity index (χ1v) is 14.0. The van der Waals surface area contributed by atoms with Gasteiger partial charge in [0.15, 0.2) is 9.84 Å². The molecule has 0 saturated carbocycles. The Morgan fingerprint density at radius 3 is 2.74 bits per heavy atom. The van der Waals surface area contributed by atoms with Gasteiger partial charge in [0.2, 0.25) is 0 Å². The summed E-state index contributed by atoms with van der Waals surface area (Å²) in [6.07, 6.45) is -4.50. The maximum atomic E-state index is 15.1. The predicted molar refractivity (Wildman–Crippen MR) is 140 cm³/mol. The van der Waals surface area contributed by atoms with Crippen molar-refractivity contribution in [1.29, 1.82) is 0 Å². The van der Waals surface area contributed by atoms with Crippen LogP contribution in [0.4, 0.5) is 23.2 Å². The smallest absolute Gasteiger partial charge is 0.394 e. The summed E-state index contributed by atoms with van der Waals surface area (Å²) in [4.78, 5) is 6.36. The number of pyridine rings is 1. The number of ether oxygens (including phenoxy) is 1. The summed E-state index contributed by atoms with van der Waals surface area (Å²) >= 11 is 0. The lowest BCUT2D eigenvalue weighted by atomic mass is 10.0. The van der Waals surface area contributed by atoms with Gasteiger partial charge in [-0.15, -0.1) is 0 Å². The minimum atomic E-state index is -4.51. The quantitative estimate of drug-likeness (QED) is 0.350. The van der Waals surface area contributed by atoms with Gasteiger partial charge in [0, 0.05) is 43.7 Å². The molecule has 2 atom stereocenters. The molecule has 2 N–H and O–H groups in total. The van der Waals surface area contributed by atoms with Crippen LogP contribution in [0.2, 0.25) is 0 Å². The number of aromatic nitrogens is 2. The molecule has 1 aliphatic rings. The number of anilines is 1. The third kappa shape index (κ3) is 6.81. The third-order valence-corrected chi connectivity index (χ3v) is 7.47. The van der Waals surface area contributed by atoms with Crippen LogP contribution in [0.3, 0.4) is 0 Å². The number of benzene rings is 1. The molecule has 2 aromatic heterocycles. The fourth-order valence-corrected chi connectivity index (χ4v) is 5.13. The topological polar surface area (TPSA) is 88.0 Å². The second kappa shape index (κ2) is 11.4. The minimum absolute atomic E-state index is 0.0177. The molecule has 0 aliphatic carbocycles. The highest BCUT2D eigenvalue weighted by Crippen LogP contribution is 2.30. The number of hydrogen-bond acceptors (Lipinski definition) is 7. The van der Waals surface area contributed by atoms with Crippen LogP contribution in [-0.4, -0.2) is 81.6 Å². The van der Waals surface area contributed by atoms with Gasteiger partial charge in [-0.05, 0) is 31.2 Å². The van der Waals surface area contributed by atoms with E-state index in [2.05, 4.69) is 27.5 Å². The number of imidazole rings is 1. The van der Waals surface area contributed by atoms with E-state index >= 15 is 4.39 Å². The van der Waals surface area contributed by atoms with Crippen molar-refractivity contribution in [3.8, 4) is 17.6 Å². The molecule has 1 aromatic carbocycles. The summed E-state index contributed by atoms with van der Waals surface area (Å²) in [6.45, 7) is 1.36. The van der Waals surface area contributed by atoms with Gasteiger partial charge in [0.1, 0.15) is 23.3 Å². The molecule has 0 radical (unpaired) electrons. The second-order valence-electron chi connectivity index (χ2n) is 9.36. The van der Waals surface area contributed by atoms with Crippen molar-refractivity contribution in [3.63, 3.8) is 0 Å². The molecule has 0 spiro atoms. The van der Waals surface area contributed by atoms with Crippen LogP contribution in [0, 0.1) is 11.8 Å². The summed E-state index contributed by atoms with van der Waals surface area (Å²) in [6, 6.07) is 6.82. The van der Waals surface area contributed by atoms with Gasteiger partial charge in [-0.25, -0.2) is 17.8 Å². The number of halogens is 4. The zero-order valence-electron chi connectivity index (χ0n) is 21.6. The summed E-state index contributed by atoms with van der Waals surface area (Å²) < 4.78 is 85.8. The molecule has 1 fully saturated rings. The SMILES string of the molecule is COc1cc(S(C)(=O)=O)ccc1NCC#Cc1nc2c([C@@H]3NCCN(C)C[C@H]3F)cccn2c1CC(F)(F)F. The highest BCUT2D eigenvalue weighted by atomic mass is 32.2. The number of nitrogens with one attached hydrogen (secondary N) is 2. The molecule has 3 heterocycles. The maximum absolute atomic E-state index is 15.1. The molecule has 1 aliphatic heterocycles. The van der Waals surface area contributed by atoms with Gasteiger partial charge in [-0.1, -0.05) is 12.0 Å². The Kier molecular flexibility index (Phi) is 8.39. The second-order valence-corrected chi connectivity index (χ2v) is 11.4. The number of fused-ring (bicyclic) bond motifs is 1. The van der Waals surface area contributed by atoms with E-state index in [1.54, 1.807) is 12.1 Å². The molecule has 210 valence electrons. The number of nitrogens with zero attached hydrogens (tertiary/aromatic N) is 3. The fourth-order valence-electron chi connectivity index (χ4n) is 4.49. The summed E-state index contributed by atoms with van der Waals surface area (Å²) in [5.74, 6) is 5.78. The highest BCUT2D eigenvalue weighted by molar-refractivity contribution is 7.90. The van der Waals surface area contributed by atoms with Crippen molar-refractivity contribution in [2.45, 2.75) is 29.7 Å². The highest BCUT2D eigenvalue weighted by Gasteiger charge is 2.33. The van der Waals surface area contributed by atoms with Gasteiger partial charge in [0.25, 0.3) is 0 Å². The van der Waals surface area contributed by atoms with Crippen LogP contribution in [-0.2, 0) is 16.3 Å². The Morgan fingerprint density at radius 1 is 1.28 bits per heavy atom. The molecule has 8 nitrogen and oxygen atoms in total. The molecule has 0 unspecified atom stereocenters. The number of sulfone groups is 1. The van der Waals surface area contributed by atoms with Gasteiger partial charge in [0.05, 0.1) is 42.4 Å². The number of likely N-dealkylation sites (N-methyl/N-ethyl adjacent to an activating group) is 1. The summed E-state index contributed by atoms with van der Waals surface area (Å²) in [7, 11) is -0.236. The lowest BCUT2D eigenvalue weighted by molar-refractivity contribution is -0.128. The molecular weight excluding hydrogens is 538 g/mol. The van der Waals surface area contributed by atoms with Crippen LogP contribution in [0.25, 0.3) is 5.65 Å². The van der Waals surface area contributed by atoms with Crippen LogP contribution in [0.15, 0.2) is 41.4 Å². The molecule has 1 saturated heterocycles. The van der Waals surface area contributed by atoms with Gasteiger partial charge >= 0.3 is 6.18 Å². The molecule has 4 rings (SSSR count). The first-order valence-electron chi connectivity index (χ1n) is 12.1. The molecule has 39 heavy (non-hydrogen) atoms. The van der Waals surface area contributed by atoms with Crippen molar-refractivity contribution >= 4 is 21.2 Å². The van der Waals surface area contributed by atoms with E-state index in [4.69, 9.17) is 4.74 Å². The monoisotopic (exact) mass is 567 g/mol. The van der Waals surface area contributed by atoms with E-state index in [9.17, 15) is 21.6 Å². The third-order valence-electron chi connectivity index (χ3n) is 6.36. The lowest BCUT2D eigenvalue weighted by Gasteiger charge is -2.21. The zero-order chi connectivity index (χ0) is 28.4. The molecule has 13 heteroatoms. The minimum Gasteiger partial charge on any atom is -0.495 e. The van der Waals surface area contributed by atoms with Crippen molar-refractivity contribution in [3.05, 3.63) is 53.5 Å². The van der Waals surface area contributed by atoms with E-state index in [1.165, 1.54) is 35.9 Å². The number of hydrogen-bond donors (Lipinski definition) is 2. The Morgan fingerprint density at radius 2 is 2.05 bits per heavy atom. The normalized spacial score (nSPS) is 18.8. The molecular formula is C26H29F4N5O3S. The van der Waals surface area contributed by atoms with E-state index in [-0.39, 0.29) is 40.8 Å². The van der Waals surface area contributed by atoms with Gasteiger partial charge in [-0.2, -0.15) is 13.2 Å². The summed E-state index contributed by atoms with van der Waals surface area (Å²) in [5, 5.41) is 6.13. The Hall–Kier alpha value is -3.34. The van der Waals surface area contributed by atoms with Gasteiger partial charge in [-0.3, -0.25) is 0 Å². The van der Waals surface area contributed by atoms with Crippen molar-refractivity contribution in [2.24, 2.45) is 0 Å². The standard InChI is InChI=1S/C26H29F4N5O3S/c1-34-13-11-32-24(19(27)16-34)18-6-5-12-35-22(15-26(28,29)30)20(33-25(18)35)7-4-10-31-21-9-8-17(39(3,36)37)14-23(21)38-2/h5-6,8-9,12,14,19,24,31-32H,10-11,13,15-16H2,1-3H3/t19-,24+/m1/s1. The van der Waals surface area contributed by atoms with E-state index in [0.717, 1.165) is 6.26 Å². The van der Waals surface area contributed by atoms with Crippen LogP contribution < -0.4 is 15.4 Å². The molecule has 0 bridgehead atoms. The number of methoxy groups -OCH3 is 1. The Balaban J connectivity index is 1.66. The van der Waals surface area contributed by atoms with Crippen LogP contribution >= 0.6 is 0 Å². The van der Waals surface area contributed by atoms with Crippen molar-refractivity contribution < 1.29 is 30.7 Å². The maximum Gasteiger partial charge on any atom is 0.394 e. The lowest BCUT2D eigenvalue weighted by Crippen LogP contribution is -2.31. The number of rotatable bonds is 6. The first kappa shape index (κ1) is 28.7. The average molecular weight is 568 g/mol. The molecule has 0 amide bonds. The largest absolute Gasteiger partial charge is 0.495 e. The predicted octanol–water partition coefficient (Wildman–Crippen LogP) is 3.23. The Labute approximate surface area is 224 Å². The van der Waals surface area contributed by atoms with E-state index in [0.29, 0.717) is 24.3 Å². The van der Waals surface area contributed by atoms with E-state index in [1.807, 2.05) is 11.9 Å². The number of alkyl halides is 4.